The van der Waals surface area contributed by atoms with Gasteiger partial charge < -0.3 is 5.32 Å². The fourth-order valence-electron chi connectivity index (χ4n) is 1.75. The van der Waals surface area contributed by atoms with Gasteiger partial charge in [0.05, 0.1) is 6.54 Å². The molecule has 0 aliphatic heterocycles. The minimum absolute atomic E-state index is 0.210. The number of hydrogen-bond acceptors (Lipinski definition) is 3. The zero-order chi connectivity index (χ0) is 13.0. The molecule has 2 rings (SSSR count). The zero-order valence-electron chi connectivity index (χ0n) is 10.6. The van der Waals surface area contributed by atoms with E-state index in [9.17, 15) is 4.39 Å². The van der Waals surface area contributed by atoms with Crippen LogP contribution in [0.4, 0.5) is 4.39 Å². The van der Waals surface area contributed by atoms with Crippen molar-refractivity contribution in [1.82, 2.24) is 20.1 Å². The first-order valence-corrected chi connectivity index (χ1v) is 6.00. The van der Waals surface area contributed by atoms with Crippen LogP contribution in [0.25, 0.3) is 0 Å². The summed E-state index contributed by atoms with van der Waals surface area (Å²) in [6.07, 6.45) is 1.56. The lowest BCUT2D eigenvalue weighted by Crippen LogP contribution is -2.18. The van der Waals surface area contributed by atoms with Crippen molar-refractivity contribution >= 4 is 0 Å². The van der Waals surface area contributed by atoms with E-state index >= 15 is 0 Å². The molecule has 0 spiro atoms. The van der Waals surface area contributed by atoms with Crippen molar-refractivity contribution in [2.75, 3.05) is 0 Å². The van der Waals surface area contributed by atoms with Crippen molar-refractivity contribution in [1.29, 1.82) is 0 Å². The summed E-state index contributed by atoms with van der Waals surface area (Å²) in [7, 11) is 0. The summed E-state index contributed by atoms with van der Waals surface area (Å²) in [5.41, 5.74) is 1.05. The van der Waals surface area contributed by atoms with Gasteiger partial charge in [-0.15, -0.1) is 0 Å². The zero-order valence-corrected chi connectivity index (χ0v) is 10.6. The smallest absolute Gasteiger partial charge is 0.141 e. The van der Waals surface area contributed by atoms with Gasteiger partial charge in [-0.3, -0.25) is 0 Å². The van der Waals surface area contributed by atoms with Crippen LogP contribution in [0.15, 0.2) is 30.6 Å². The maximum Gasteiger partial charge on any atom is 0.141 e. The molecule has 1 heterocycles. The van der Waals surface area contributed by atoms with E-state index in [0.29, 0.717) is 19.1 Å². The Hall–Kier alpha value is -1.75. The molecular formula is C13H17FN4. The predicted octanol–water partition coefficient (Wildman–Crippen LogP) is 2.29. The van der Waals surface area contributed by atoms with E-state index in [1.54, 1.807) is 18.5 Å². The first kappa shape index (κ1) is 12.7. The number of rotatable bonds is 5. The third-order valence-corrected chi connectivity index (χ3v) is 2.66. The molecular weight excluding hydrogens is 231 g/mol. The topological polar surface area (TPSA) is 42.7 Å². The fraction of sp³-hybridized carbons (Fsp3) is 0.385. The molecule has 96 valence electrons. The molecule has 0 saturated heterocycles. The number of halogens is 1. The molecule has 1 aromatic heterocycles. The molecule has 0 bridgehead atoms. The van der Waals surface area contributed by atoms with Gasteiger partial charge in [-0.1, -0.05) is 12.1 Å². The maximum absolute atomic E-state index is 12.7. The summed E-state index contributed by atoms with van der Waals surface area (Å²) >= 11 is 0. The number of hydrogen-bond donors (Lipinski definition) is 1. The Morgan fingerprint density at radius 1 is 1.22 bits per heavy atom. The quantitative estimate of drug-likeness (QED) is 0.882. The molecule has 0 aliphatic rings. The summed E-state index contributed by atoms with van der Waals surface area (Å²) in [4.78, 5) is 4.21. The molecule has 0 aliphatic carbocycles. The van der Waals surface area contributed by atoms with Crippen LogP contribution in [0.1, 0.15) is 31.3 Å². The molecule has 0 atom stereocenters. The molecule has 1 aromatic carbocycles. The van der Waals surface area contributed by atoms with Gasteiger partial charge in [0.15, 0.2) is 0 Å². The Balaban J connectivity index is 1.88. The summed E-state index contributed by atoms with van der Waals surface area (Å²) in [6.45, 7) is 5.47. The summed E-state index contributed by atoms with van der Waals surface area (Å²) < 4.78 is 14.6. The summed E-state index contributed by atoms with van der Waals surface area (Å²) in [6, 6.07) is 6.78. The van der Waals surface area contributed by atoms with Crippen LogP contribution >= 0.6 is 0 Å². The Bertz CT molecular complexity index is 490. The van der Waals surface area contributed by atoms with Crippen LogP contribution in [0.3, 0.4) is 0 Å². The highest BCUT2D eigenvalue weighted by Gasteiger charge is 2.06. The largest absolute Gasteiger partial charge is 0.306 e. The second-order valence-corrected chi connectivity index (χ2v) is 4.44. The van der Waals surface area contributed by atoms with Crippen molar-refractivity contribution < 1.29 is 4.39 Å². The minimum atomic E-state index is -0.210. The van der Waals surface area contributed by atoms with Gasteiger partial charge in [0.2, 0.25) is 0 Å². The molecule has 0 unspecified atom stereocenters. The highest BCUT2D eigenvalue weighted by atomic mass is 19.1. The molecule has 5 heteroatoms. The van der Waals surface area contributed by atoms with Gasteiger partial charge in [0, 0.05) is 12.6 Å². The highest BCUT2D eigenvalue weighted by molar-refractivity contribution is 5.15. The van der Waals surface area contributed by atoms with Crippen LogP contribution < -0.4 is 5.32 Å². The van der Waals surface area contributed by atoms with Crippen molar-refractivity contribution in [2.24, 2.45) is 0 Å². The number of benzene rings is 1. The van der Waals surface area contributed by atoms with E-state index in [1.807, 2.05) is 4.68 Å². The fourth-order valence-corrected chi connectivity index (χ4v) is 1.75. The summed E-state index contributed by atoms with van der Waals surface area (Å²) in [5, 5.41) is 7.44. The SMILES string of the molecule is CC(C)n1ncnc1CNCc1ccc(F)cc1. The normalized spacial score (nSPS) is 11.1. The van der Waals surface area contributed by atoms with Crippen LogP contribution in [-0.2, 0) is 13.1 Å². The van der Waals surface area contributed by atoms with Crippen molar-refractivity contribution in [3.63, 3.8) is 0 Å². The first-order chi connectivity index (χ1) is 8.66. The monoisotopic (exact) mass is 248 g/mol. The molecule has 1 N–H and O–H groups in total. The van der Waals surface area contributed by atoms with E-state index in [-0.39, 0.29) is 5.82 Å². The molecule has 0 fully saturated rings. The van der Waals surface area contributed by atoms with Gasteiger partial charge in [-0.05, 0) is 31.5 Å². The lowest BCUT2D eigenvalue weighted by Gasteiger charge is -2.10. The molecule has 18 heavy (non-hydrogen) atoms. The van der Waals surface area contributed by atoms with Crippen LogP contribution in [0, 0.1) is 5.82 Å². The molecule has 0 radical (unpaired) electrons. The molecule has 4 nitrogen and oxygen atoms in total. The molecule has 0 saturated carbocycles. The standard InChI is InChI=1S/C13H17FN4/c1-10(2)18-13(16-9-17-18)8-15-7-11-3-5-12(14)6-4-11/h3-6,9-10,15H,7-8H2,1-2H3. The third-order valence-electron chi connectivity index (χ3n) is 2.66. The van der Waals surface area contributed by atoms with E-state index in [0.717, 1.165) is 11.4 Å². The molecule has 2 aromatic rings. The maximum atomic E-state index is 12.7. The average molecular weight is 248 g/mol. The first-order valence-electron chi connectivity index (χ1n) is 6.00. The predicted molar refractivity (Wildman–Crippen MR) is 67.4 cm³/mol. The Morgan fingerprint density at radius 2 is 1.94 bits per heavy atom. The molecule has 0 amide bonds. The van der Waals surface area contributed by atoms with Crippen molar-refractivity contribution in [2.45, 2.75) is 33.0 Å². The van der Waals surface area contributed by atoms with E-state index < -0.39 is 0 Å². The van der Waals surface area contributed by atoms with Crippen LogP contribution in [-0.4, -0.2) is 14.8 Å². The summed E-state index contributed by atoms with van der Waals surface area (Å²) in [5.74, 6) is 0.699. The second kappa shape index (κ2) is 5.73. The van der Waals surface area contributed by atoms with Crippen LogP contribution in [0.2, 0.25) is 0 Å². The minimum Gasteiger partial charge on any atom is -0.306 e. The second-order valence-electron chi connectivity index (χ2n) is 4.44. The van der Waals surface area contributed by atoms with Crippen LogP contribution in [0.5, 0.6) is 0 Å². The Labute approximate surface area is 106 Å². The van der Waals surface area contributed by atoms with E-state index in [1.165, 1.54) is 12.1 Å². The number of nitrogens with zero attached hydrogens (tertiary/aromatic N) is 3. The lowest BCUT2D eigenvalue weighted by atomic mass is 10.2. The van der Waals surface area contributed by atoms with Gasteiger partial charge in [-0.2, -0.15) is 5.10 Å². The lowest BCUT2D eigenvalue weighted by molar-refractivity contribution is 0.490. The van der Waals surface area contributed by atoms with E-state index in [4.69, 9.17) is 0 Å². The van der Waals surface area contributed by atoms with Gasteiger partial charge in [0.25, 0.3) is 0 Å². The van der Waals surface area contributed by atoms with Gasteiger partial charge >= 0.3 is 0 Å². The number of nitrogens with one attached hydrogen (secondary N) is 1. The third kappa shape index (κ3) is 3.13. The van der Waals surface area contributed by atoms with Gasteiger partial charge in [-0.25, -0.2) is 14.1 Å². The van der Waals surface area contributed by atoms with E-state index in [2.05, 4.69) is 29.2 Å². The Morgan fingerprint density at radius 3 is 2.61 bits per heavy atom. The number of aromatic nitrogens is 3. The van der Waals surface area contributed by atoms with Crippen molar-refractivity contribution in [3.05, 3.63) is 47.8 Å². The van der Waals surface area contributed by atoms with Crippen molar-refractivity contribution in [3.8, 4) is 0 Å². The highest BCUT2D eigenvalue weighted by Crippen LogP contribution is 2.06. The Kier molecular flexibility index (Phi) is 4.04. The van der Waals surface area contributed by atoms with Gasteiger partial charge in [0.1, 0.15) is 18.0 Å². The average Bonchev–Trinajstić information content (AvgIpc) is 2.80.